The first-order chi connectivity index (χ1) is 8.00. The van der Waals surface area contributed by atoms with Crippen LogP contribution in [0.3, 0.4) is 0 Å². The van der Waals surface area contributed by atoms with Gasteiger partial charge >= 0.3 is 0 Å². The summed E-state index contributed by atoms with van der Waals surface area (Å²) in [5.74, 6) is -0.203. The topological polar surface area (TPSA) is 53.2 Å². The molecule has 88 valence electrons. The van der Waals surface area contributed by atoms with Crippen molar-refractivity contribution in [2.24, 2.45) is 0 Å². The highest BCUT2D eigenvalue weighted by atomic mass is 16.2. The Hall–Kier alpha value is -2.10. The SMILES string of the molecule is Cc1cccc2[nH]c(C(=O)N(C)C)cc(=O)c12. The van der Waals surface area contributed by atoms with E-state index in [0.29, 0.717) is 16.6 Å². The summed E-state index contributed by atoms with van der Waals surface area (Å²) >= 11 is 0. The molecule has 0 atom stereocenters. The highest BCUT2D eigenvalue weighted by molar-refractivity contribution is 5.95. The number of H-pyrrole nitrogens is 1. The lowest BCUT2D eigenvalue weighted by Crippen LogP contribution is -2.24. The van der Waals surface area contributed by atoms with Gasteiger partial charge in [-0.3, -0.25) is 9.59 Å². The summed E-state index contributed by atoms with van der Waals surface area (Å²) in [7, 11) is 3.31. The Balaban J connectivity index is 2.73. The molecule has 2 aromatic rings. The molecule has 0 aliphatic rings. The number of fused-ring (bicyclic) bond motifs is 1. The smallest absolute Gasteiger partial charge is 0.269 e. The lowest BCUT2D eigenvalue weighted by Gasteiger charge is -2.11. The molecule has 1 aromatic heterocycles. The summed E-state index contributed by atoms with van der Waals surface area (Å²) in [6.07, 6.45) is 0. The van der Waals surface area contributed by atoms with E-state index in [1.165, 1.54) is 11.0 Å². The van der Waals surface area contributed by atoms with Crippen LogP contribution in [0.5, 0.6) is 0 Å². The van der Waals surface area contributed by atoms with E-state index in [9.17, 15) is 9.59 Å². The summed E-state index contributed by atoms with van der Waals surface area (Å²) in [6, 6.07) is 6.90. The second kappa shape index (κ2) is 4.05. The van der Waals surface area contributed by atoms with Gasteiger partial charge in [0, 0.05) is 25.5 Å². The average Bonchev–Trinajstić information content (AvgIpc) is 2.27. The molecule has 1 amide bonds. The van der Waals surface area contributed by atoms with Gasteiger partial charge in [-0.1, -0.05) is 12.1 Å². The molecule has 0 unspecified atom stereocenters. The Kier molecular flexibility index (Phi) is 2.71. The van der Waals surface area contributed by atoms with Crippen LogP contribution in [0.2, 0.25) is 0 Å². The number of nitrogens with one attached hydrogen (secondary N) is 1. The number of aromatic amines is 1. The normalized spacial score (nSPS) is 10.5. The molecule has 17 heavy (non-hydrogen) atoms. The molecule has 0 radical (unpaired) electrons. The number of carbonyl (C=O) groups is 1. The van der Waals surface area contributed by atoms with Crippen LogP contribution >= 0.6 is 0 Å². The standard InChI is InChI=1S/C13H14N2O2/c1-8-5-4-6-9-12(8)11(16)7-10(14-9)13(17)15(2)3/h4-7H,1-3H3,(H,14,16). The molecular weight excluding hydrogens is 216 g/mol. The first-order valence-corrected chi connectivity index (χ1v) is 5.35. The van der Waals surface area contributed by atoms with Crippen LogP contribution in [-0.2, 0) is 0 Å². The zero-order valence-electron chi connectivity index (χ0n) is 10.1. The summed E-state index contributed by atoms with van der Waals surface area (Å²) in [6.45, 7) is 1.88. The molecule has 0 saturated heterocycles. The fourth-order valence-electron chi connectivity index (χ4n) is 1.84. The van der Waals surface area contributed by atoms with Crippen molar-refractivity contribution in [2.45, 2.75) is 6.92 Å². The minimum Gasteiger partial charge on any atom is -0.350 e. The largest absolute Gasteiger partial charge is 0.350 e. The van der Waals surface area contributed by atoms with Gasteiger partial charge in [0.25, 0.3) is 5.91 Å². The van der Waals surface area contributed by atoms with Crippen LogP contribution in [0.25, 0.3) is 10.9 Å². The molecule has 2 rings (SSSR count). The summed E-state index contributed by atoms with van der Waals surface area (Å²) in [5, 5.41) is 0.641. The number of aryl methyl sites for hydroxylation is 1. The lowest BCUT2D eigenvalue weighted by molar-refractivity contribution is 0.0822. The van der Waals surface area contributed by atoms with Crippen molar-refractivity contribution >= 4 is 16.8 Å². The Morgan fingerprint density at radius 3 is 2.65 bits per heavy atom. The number of benzene rings is 1. The number of rotatable bonds is 1. The van der Waals surface area contributed by atoms with Crippen molar-refractivity contribution in [1.82, 2.24) is 9.88 Å². The number of amides is 1. The summed E-state index contributed by atoms with van der Waals surface area (Å²) in [4.78, 5) is 28.2. The summed E-state index contributed by atoms with van der Waals surface area (Å²) in [5.41, 5.74) is 1.80. The Bertz CT molecular complexity index is 641. The molecule has 0 aliphatic carbocycles. The molecule has 0 aliphatic heterocycles. The maximum atomic E-state index is 12.0. The van der Waals surface area contributed by atoms with Crippen LogP contribution < -0.4 is 5.43 Å². The summed E-state index contributed by atoms with van der Waals surface area (Å²) < 4.78 is 0. The van der Waals surface area contributed by atoms with Crippen LogP contribution in [-0.4, -0.2) is 29.9 Å². The first kappa shape index (κ1) is 11.4. The third kappa shape index (κ3) is 1.93. The number of carbonyl (C=O) groups excluding carboxylic acids is 1. The predicted octanol–water partition coefficient (Wildman–Crippen LogP) is 1.54. The van der Waals surface area contributed by atoms with E-state index in [1.807, 2.05) is 19.1 Å². The van der Waals surface area contributed by atoms with E-state index < -0.39 is 0 Å². The van der Waals surface area contributed by atoms with E-state index in [4.69, 9.17) is 0 Å². The fraction of sp³-hybridized carbons (Fsp3) is 0.231. The number of nitrogens with zero attached hydrogens (tertiary/aromatic N) is 1. The maximum Gasteiger partial charge on any atom is 0.269 e. The zero-order valence-corrected chi connectivity index (χ0v) is 10.1. The molecule has 0 fully saturated rings. The van der Waals surface area contributed by atoms with Gasteiger partial charge in [-0.25, -0.2) is 0 Å². The monoisotopic (exact) mass is 230 g/mol. The molecule has 1 heterocycles. The number of aromatic nitrogens is 1. The van der Waals surface area contributed by atoms with Gasteiger partial charge < -0.3 is 9.88 Å². The predicted molar refractivity (Wildman–Crippen MR) is 67.3 cm³/mol. The zero-order chi connectivity index (χ0) is 12.6. The molecule has 0 spiro atoms. The van der Waals surface area contributed by atoms with E-state index in [1.54, 1.807) is 20.2 Å². The Morgan fingerprint density at radius 1 is 1.29 bits per heavy atom. The molecule has 4 heteroatoms. The highest BCUT2D eigenvalue weighted by Crippen LogP contribution is 2.13. The second-order valence-corrected chi connectivity index (χ2v) is 4.24. The number of pyridine rings is 1. The second-order valence-electron chi connectivity index (χ2n) is 4.24. The lowest BCUT2D eigenvalue weighted by atomic mass is 10.1. The van der Waals surface area contributed by atoms with Gasteiger partial charge in [-0.15, -0.1) is 0 Å². The minimum atomic E-state index is -0.203. The van der Waals surface area contributed by atoms with E-state index in [-0.39, 0.29) is 11.3 Å². The van der Waals surface area contributed by atoms with E-state index in [2.05, 4.69) is 4.98 Å². The van der Waals surface area contributed by atoms with Crippen molar-refractivity contribution in [3.05, 3.63) is 45.7 Å². The molecular formula is C13H14N2O2. The molecule has 4 nitrogen and oxygen atoms in total. The Labute approximate surface area is 98.9 Å². The maximum absolute atomic E-state index is 12.0. The first-order valence-electron chi connectivity index (χ1n) is 5.35. The molecule has 1 aromatic carbocycles. The van der Waals surface area contributed by atoms with Crippen molar-refractivity contribution in [3.63, 3.8) is 0 Å². The van der Waals surface area contributed by atoms with Crippen LogP contribution in [0.4, 0.5) is 0 Å². The van der Waals surface area contributed by atoms with Gasteiger partial charge in [0.05, 0.1) is 5.52 Å². The molecule has 0 saturated carbocycles. The third-order valence-electron chi connectivity index (χ3n) is 2.70. The van der Waals surface area contributed by atoms with Crippen molar-refractivity contribution in [3.8, 4) is 0 Å². The Morgan fingerprint density at radius 2 is 2.00 bits per heavy atom. The third-order valence-corrected chi connectivity index (χ3v) is 2.70. The van der Waals surface area contributed by atoms with Gasteiger partial charge in [-0.2, -0.15) is 0 Å². The van der Waals surface area contributed by atoms with Crippen molar-refractivity contribution < 1.29 is 4.79 Å². The molecule has 1 N–H and O–H groups in total. The highest BCUT2D eigenvalue weighted by Gasteiger charge is 2.11. The van der Waals surface area contributed by atoms with Gasteiger partial charge in [-0.05, 0) is 18.6 Å². The number of hydrogen-bond acceptors (Lipinski definition) is 2. The van der Waals surface area contributed by atoms with Crippen LogP contribution in [0.15, 0.2) is 29.1 Å². The quantitative estimate of drug-likeness (QED) is 0.807. The van der Waals surface area contributed by atoms with Gasteiger partial charge in [0.2, 0.25) is 0 Å². The van der Waals surface area contributed by atoms with Crippen LogP contribution in [0, 0.1) is 6.92 Å². The fourth-order valence-corrected chi connectivity index (χ4v) is 1.84. The average molecular weight is 230 g/mol. The number of hydrogen-bond donors (Lipinski definition) is 1. The van der Waals surface area contributed by atoms with Crippen molar-refractivity contribution in [2.75, 3.05) is 14.1 Å². The molecule has 0 bridgehead atoms. The minimum absolute atomic E-state index is 0.123. The van der Waals surface area contributed by atoms with Gasteiger partial charge in [0.15, 0.2) is 5.43 Å². The van der Waals surface area contributed by atoms with Crippen molar-refractivity contribution in [1.29, 1.82) is 0 Å². The van der Waals surface area contributed by atoms with Gasteiger partial charge in [0.1, 0.15) is 5.69 Å². The van der Waals surface area contributed by atoms with E-state index >= 15 is 0 Å². The van der Waals surface area contributed by atoms with Crippen LogP contribution in [0.1, 0.15) is 16.1 Å². The van der Waals surface area contributed by atoms with E-state index in [0.717, 1.165) is 5.56 Å².